The lowest BCUT2D eigenvalue weighted by Crippen LogP contribution is -2.60. The molecule has 1 saturated carbocycles. The van der Waals surface area contributed by atoms with Gasteiger partial charge in [-0.25, -0.2) is 9.29 Å². The number of phenolic OH excluding ortho intramolecular Hbond substituents is 1. The molecule has 3 fully saturated rings. The van der Waals surface area contributed by atoms with E-state index in [0.29, 0.717) is 11.1 Å². The van der Waals surface area contributed by atoms with E-state index in [1.807, 2.05) is 6.08 Å². The average Bonchev–Trinajstić information content (AvgIpc) is 3.18. The van der Waals surface area contributed by atoms with Crippen molar-refractivity contribution in [2.24, 2.45) is 17.8 Å². The number of phenols is 1. The topological polar surface area (TPSA) is 95.0 Å². The van der Waals surface area contributed by atoms with Gasteiger partial charge in [0.1, 0.15) is 11.6 Å². The Kier molecular flexibility index (Phi) is 5.14. The van der Waals surface area contributed by atoms with Gasteiger partial charge in [0.2, 0.25) is 11.8 Å². The molecular weight excluding hydrogens is 522 g/mol. The highest BCUT2D eigenvalue weighted by atomic mass is 35.5. The van der Waals surface area contributed by atoms with Crippen LogP contribution in [-0.2, 0) is 19.2 Å². The first-order valence-electron chi connectivity index (χ1n) is 11.8. The maximum absolute atomic E-state index is 14.1. The molecule has 4 amide bonds. The van der Waals surface area contributed by atoms with Crippen molar-refractivity contribution in [1.82, 2.24) is 4.90 Å². The fourth-order valence-corrected chi connectivity index (χ4v) is 7.57. The second kappa shape index (κ2) is 7.88. The minimum atomic E-state index is -2.01. The molecule has 37 heavy (non-hydrogen) atoms. The zero-order valence-electron chi connectivity index (χ0n) is 19.5. The number of hydrogen-bond acceptors (Lipinski definition) is 5. The summed E-state index contributed by atoms with van der Waals surface area (Å²) < 4.78 is 13.6. The number of amides is 4. The third kappa shape index (κ3) is 3.00. The zero-order valence-corrected chi connectivity index (χ0v) is 21.0. The van der Waals surface area contributed by atoms with E-state index in [4.69, 9.17) is 23.2 Å². The molecule has 6 atom stereocenters. The van der Waals surface area contributed by atoms with Gasteiger partial charge in [-0.2, -0.15) is 0 Å². The number of nitrogens with zero attached hydrogens (tertiary/aromatic N) is 2. The summed E-state index contributed by atoms with van der Waals surface area (Å²) in [5.41, 5.74) is 1.19. The summed E-state index contributed by atoms with van der Waals surface area (Å²) in [4.78, 5) is 52.0. The van der Waals surface area contributed by atoms with Crippen LogP contribution in [-0.4, -0.2) is 50.4 Å². The molecule has 0 unspecified atom stereocenters. The van der Waals surface area contributed by atoms with Crippen LogP contribution in [0.5, 0.6) is 5.75 Å². The molecule has 2 heterocycles. The van der Waals surface area contributed by atoms with Crippen molar-refractivity contribution in [2.75, 3.05) is 11.9 Å². The monoisotopic (exact) mass is 542 g/mol. The minimum absolute atomic E-state index is 0.0756. The normalized spacial score (nSPS) is 34.9. The first-order chi connectivity index (χ1) is 17.5. The first kappa shape index (κ1) is 24.1. The molecule has 1 N–H and O–H groups in total. The minimum Gasteiger partial charge on any atom is -0.508 e. The molecule has 7 nitrogen and oxygen atoms in total. The van der Waals surface area contributed by atoms with Crippen LogP contribution in [0.1, 0.15) is 24.3 Å². The summed E-state index contributed by atoms with van der Waals surface area (Å²) in [5, 5.41) is 10.3. The molecule has 2 aliphatic heterocycles. The lowest BCUT2D eigenvalue weighted by atomic mass is 9.56. The number of anilines is 1. The Morgan fingerprint density at radius 2 is 1.68 bits per heavy atom. The Morgan fingerprint density at radius 3 is 2.35 bits per heavy atom. The number of likely N-dealkylation sites (tertiary alicyclic amines) is 1. The van der Waals surface area contributed by atoms with E-state index in [-0.39, 0.29) is 36.1 Å². The Hall–Kier alpha value is -3.23. The van der Waals surface area contributed by atoms with Gasteiger partial charge in [0.25, 0.3) is 11.8 Å². The van der Waals surface area contributed by atoms with Crippen LogP contribution in [0.15, 0.2) is 60.2 Å². The number of imide groups is 2. The van der Waals surface area contributed by atoms with Crippen LogP contribution >= 0.6 is 23.2 Å². The van der Waals surface area contributed by atoms with Gasteiger partial charge < -0.3 is 5.11 Å². The predicted molar refractivity (Wildman–Crippen MR) is 132 cm³/mol. The SMILES string of the molecule is CN1C(=O)[C@H]2[C@H](CC=C3[C@H]2C[C@@]2(Cl)C(=O)N(c4ccc(F)cc4)C(=O)[C@@]2(Cl)[C@H]3c2cccc(O)c2)C1=O. The standard InChI is InChI=1S/C27H21Cl2FN2O5/c1-31-22(34)18-10-9-17-19(20(18)23(31)35)12-26(28)24(36)32(15-7-5-14(30)6-8-15)25(37)27(26,29)21(17)13-3-2-4-16(33)11-13/h2-9,11,18-21,33H,10,12H2,1H3/t18-,19+,20-,21-,26+,27-/m0/s1. The van der Waals surface area contributed by atoms with E-state index >= 15 is 0 Å². The van der Waals surface area contributed by atoms with E-state index in [0.717, 1.165) is 21.9 Å². The maximum Gasteiger partial charge on any atom is 0.258 e. The summed E-state index contributed by atoms with van der Waals surface area (Å²) in [6.07, 6.45) is 1.95. The van der Waals surface area contributed by atoms with Crippen molar-refractivity contribution >= 4 is 52.5 Å². The predicted octanol–water partition coefficient (Wildman–Crippen LogP) is 3.72. The molecular formula is C27H21Cl2FN2O5. The number of fused-ring (bicyclic) bond motifs is 4. The van der Waals surface area contributed by atoms with Crippen LogP contribution in [0.2, 0.25) is 0 Å². The number of allylic oxidation sites excluding steroid dienone is 2. The number of hydrogen-bond donors (Lipinski definition) is 1. The highest BCUT2D eigenvalue weighted by Gasteiger charge is 2.76. The van der Waals surface area contributed by atoms with Crippen molar-refractivity contribution in [1.29, 1.82) is 0 Å². The Morgan fingerprint density at radius 1 is 0.973 bits per heavy atom. The number of carbonyl (C=O) groups is 4. The molecule has 0 aromatic heterocycles. The molecule has 2 saturated heterocycles. The molecule has 190 valence electrons. The number of rotatable bonds is 2. The average molecular weight is 543 g/mol. The van der Waals surface area contributed by atoms with Crippen molar-refractivity contribution in [3.8, 4) is 5.75 Å². The zero-order chi connectivity index (χ0) is 26.4. The van der Waals surface area contributed by atoms with Gasteiger partial charge in [-0.15, -0.1) is 23.2 Å². The molecule has 0 spiro atoms. The quantitative estimate of drug-likeness (QED) is 0.354. The number of aromatic hydroxyl groups is 1. The van der Waals surface area contributed by atoms with Crippen LogP contribution < -0.4 is 4.90 Å². The highest BCUT2D eigenvalue weighted by Crippen LogP contribution is 2.65. The molecule has 4 aliphatic rings. The number of alkyl halides is 2. The molecule has 6 rings (SSSR count). The second-order valence-corrected chi connectivity index (χ2v) is 11.3. The van der Waals surface area contributed by atoms with Crippen molar-refractivity contribution in [3.05, 3.63) is 71.6 Å². The Bertz CT molecular complexity index is 1430. The van der Waals surface area contributed by atoms with E-state index in [1.54, 1.807) is 12.1 Å². The Balaban J connectivity index is 1.57. The second-order valence-electron chi connectivity index (χ2n) is 10.1. The summed E-state index contributed by atoms with van der Waals surface area (Å²) in [6, 6.07) is 11.0. The van der Waals surface area contributed by atoms with E-state index in [1.165, 1.54) is 31.3 Å². The third-order valence-corrected chi connectivity index (χ3v) is 9.73. The van der Waals surface area contributed by atoms with Gasteiger partial charge in [-0.3, -0.25) is 24.1 Å². The maximum atomic E-state index is 14.1. The molecule has 0 radical (unpaired) electrons. The fraction of sp³-hybridized carbons (Fsp3) is 0.333. The summed E-state index contributed by atoms with van der Waals surface area (Å²) in [7, 11) is 1.43. The van der Waals surface area contributed by atoms with Gasteiger partial charge >= 0.3 is 0 Å². The fourth-order valence-electron chi connectivity index (χ4n) is 6.63. The van der Waals surface area contributed by atoms with Crippen LogP contribution in [0.4, 0.5) is 10.1 Å². The first-order valence-corrected chi connectivity index (χ1v) is 12.6. The van der Waals surface area contributed by atoms with Crippen molar-refractivity contribution in [3.63, 3.8) is 0 Å². The van der Waals surface area contributed by atoms with Gasteiger partial charge in [0.05, 0.1) is 17.5 Å². The van der Waals surface area contributed by atoms with Gasteiger partial charge in [0, 0.05) is 13.0 Å². The summed E-state index contributed by atoms with van der Waals surface area (Å²) in [5.74, 6) is -5.81. The Labute approximate surface area is 221 Å². The number of benzene rings is 2. The van der Waals surface area contributed by atoms with Crippen LogP contribution in [0.25, 0.3) is 0 Å². The van der Waals surface area contributed by atoms with Crippen molar-refractivity contribution in [2.45, 2.75) is 28.5 Å². The highest BCUT2D eigenvalue weighted by molar-refractivity contribution is 6.58. The van der Waals surface area contributed by atoms with E-state index < -0.39 is 51.1 Å². The molecule has 10 heteroatoms. The van der Waals surface area contributed by atoms with Crippen LogP contribution in [0.3, 0.4) is 0 Å². The number of halogens is 3. The third-order valence-electron chi connectivity index (χ3n) is 8.32. The largest absolute Gasteiger partial charge is 0.508 e. The smallest absolute Gasteiger partial charge is 0.258 e. The number of carbonyl (C=O) groups excluding carboxylic acids is 4. The summed E-state index contributed by atoms with van der Waals surface area (Å²) >= 11 is 14.4. The van der Waals surface area contributed by atoms with Gasteiger partial charge in [-0.1, -0.05) is 23.8 Å². The van der Waals surface area contributed by atoms with E-state index in [9.17, 15) is 28.7 Å². The lowest BCUT2D eigenvalue weighted by molar-refractivity contribution is -0.138. The van der Waals surface area contributed by atoms with Gasteiger partial charge in [0.15, 0.2) is 9.75 Å². The van der Waals surface area contributed by atoms with Crippen LogP contribution in [0, 0.1) is 23.6 Å². The lowest BCUT2D eigenvalue weighted by Gasteiger charge is -2.50. The van der Waals surface area contributed by atoms with Gasteiger partial charge in [-0.05, 0) is 60.7 Å². The van der Waals surface area contributed by atoms with Crippen molar-refractivity contribution < 1.29 is 28.7 Å². The molecule has 0 bridgehead atoms. The molecule has 2 aromatic rings. The summed E-state index contributed by atoms with van der Waals surface area (Å²) in [6.45, 7) is 0. The molecule has 2 aromatic carbocycles. The molecule has 2 aliphatic carbocycles. The van der Waals surface area contributed by atoms with E-state index in [2.05, 4.69) is 0 Å².